The van der Waals surface area contributed by atoms with Crippen LogP contribution in [0.2, 0.25) is 0 Å². The van der Waals surface area contributed by atoms with Crippen molar-refractivity contribution in [3.63, 3.8) is 0 Å². The van der Waals surface area contributed by atoms with Gasteiger partial charge in [-0.3, -0.25) is 4.79 Å². The zero-order valence-corrected chi connectivity index (χ0v) is 15.8. The van der Waals surface area contributed by atoms with E-state index in [1.807, 2.05) is 0 Å². The van der Waals surface area contributed by atoms with Gasteiger partial charge >= 0.3 is 11.9 Å². The van der Waals surface area contributed by atoms with Gasteiger partial charge in [-0.25, -0.2) is 4.79 Å². The molecule has 0 aromatic heterocycles. The smallest absolute Gasteiger partial charge is 0.347 e. The number of hydrogen-bond acceptors (Lipinski definition) is 8. The van der Waals surface area contributed by atoms with Crippen LogP contribution in [0.4, 0.5) is 0 Å². The van der Waals surface area contributed by atoms with Crippen LogP contribution in [-0.2, 0) is 9.63 Å². The van der Waals surface area contributed by atoms with Gasteiger partial charge in [0, 0.05) is 11.3 Å². The van der Waals surface area contributed by atoms with Crippen molar-refractivity contribution >= 4 is 29.0 Å². The third-order valence-corrected chi connectivity index (χ3v) is 3.76. The Morgan fingerprint density at radius 1 is 1.07 bits per heavy atom. The van der Waals surface area contributed by atoms with Gasteiger partial charge in [0.2, 0.25) is 0 Å². The number of nitrogens with zero attached hydrogens (tertiary/aromatic N) is 1. The second kappa shape index (κ2) is 10.1. The van der Waals surface area contributed by atoms with E-state index >= 15 is 0 Å². The molecule has 0 saturated heterocycles. The number of esters is 2. The van der Waals surface area contributed by atoms with Gasteiger partial charge in [0.25, 0.3) is 5.09 Å². The summed E-state index contributed by atoms with van der Waals surface area (Å²) < 4.78 is 10.5. The average molecular weight is 403 g/mol. The zero-order valence-electron chi connectivity index (χ0n) is 15.0. The second-order valence-electron chi connectivity index (χ2n) is 5.60. The maximum absolute atomic E-state index is 12.4. The SMILES string of the molecule is CC(=S)c1ccc(OC(=O)c2ccccc2OC(=O)CCCO[N+](=O)[O-])cc1. The van der Waals surface area contributed by atoms with E-state index in [0.29, 0.717) is 5.75 Å². The summed E-state index contributed by atoms with van der Waals surface area (Å²) in [6.45, 7) is 1.58. The first-order chi connectivity index (χ1) is 13.4. The number of hydrogen-bond donors (Lipinski definition) is 0. The summed E-state index contributed by atoms with van der Waals surface area (Å²) in [5.41, 5.74) is 0.928. The normalized spacial score (nSPS) is 10.0. The van der Waals surface area contributed by atoms with Gasteiger partial charge in [-0.15, -0.1) is 10.1 Å². The van der Waals surface area contributed by atoms with Gasteiger partial charge < -0.3 is 14.3 Å². The summed E-state index contributed by atoms with van der Waals surface area (Å²) in [5.74, 6) is -0.970. The molecule has 146 valence electrons. The van der Waals surface area contributed by atoms with E-state index in [4.69, 9.17) is 21.7 Å². The molecule has 0 amide bonds. The number of carbonyl (C=O) groups is 2. The largest absolute Gasteiger partial charge is 0.426 e. The van der Waals surface area contributed by atoms with Crippen molar-refractivity contribution in [2.24, 2.45) is 0 Å². The summed E-state index contributed by atoms with van der Waals surface area (Å²) in [7, 11) is 0. The van der Waals surface area contributed by atoms with Gasteiger partial charge in [0.05, 0.1) is 6.61 Å². The van der Waals surface area contributed by atoms with Crippen molar-refractivity contribution < 1.29 is 29.0 Å². The minimum atomic E-state index is -0.933. The van der Waals surface area contributed by atoms with Crippen molar-refractivity contribution in [2.75, 3.05) is 6.61 Å². The lowest BCUT2D eigenvalue weighted by Crippen LogP contribution is -2.15. The minimum absolute atomic E-state index is 0.0408. The highest BCUT2D eigenvalue weighted by Crippen LogP contribution is 2.22. The van der Waals surface area contributed by atoms with Crippen LogP contribution in [0.5, 0.6) is 11.5 Å². The van der Waals surface area contributed by atoms with Crippen molar-refractivity contribution in [1.82, 2.24) is 0 Å². The first kappa shape index (κ1) is 21.0. The fraction of sp³-hybridized carbons (Fsp3) is 0.211. The Balaban J connectivity index is 2.00. The lowest BCUT2D eigenvalue weighted by molar-refractivity contribution is -0.757. The summed E-state index contributed by atoms with van der Waals surface area (Å²) in [4.78, 5) is 39.2. The Bertz CT molecular complexity index is 880. The Morgan fingerprint density at radius 2 is 1.75 bits per heavy atom. The maximum Gasteiger partial charge on any atom is 0.347 e. The van der Waals surface area contributed by atoms with Gasteiger partial charge in [0.1, 0.15) is 17.1 Å². The second-order valence-corrected chi connectivity index (χ2v) is 6.21. The van der Waals surface area contributed by atoms with E-state index in [1.165, 1.54) is 12.1 Å². The van der Waals surface area contributed by atoms with Crippen LogP contribution in [-0.4, -0.2) is 28.5 Å². The molecular weight excluding hydrogens is 386 g/mol. The molecule has 0 aliphatic carbocycles. The van der Waals surface area contributed by atoms with Crippen molar-refractivity contribution in [3.8, 4) is 11.5 Å². The molecule has 0 N–H and O–H groups in total. The Morgan fingerprint density at radius 3 is 2.39 bits per heavy atom. The molecular formula is C19H17NO7S. The lowest BCUT2D eigenvalue weighted by atomic mass is 10.1. The topological polar surface area (TPSA) is 105 Å². The number of para-hydroxylation sites is 1. The third-order valence-electron chi connectivity index (χ3n) is 3.52. The monoisotopic (exact) mass is 403 g/mol. The molecule has 0 fully saturated rings. The Kier molecular flexibility index (Phi) is 7.58. The van der Waals surface area contributed by atoms with E-state index < -0.39 is 17.0 Å². The van der Waals surface area contributed by atoms with E-state index in [9.17, 15) is 19.7 Å². The summed E-state index contributed by atoms with van der Waals surface area (Å²) in [6.07, 6.45) is 0.00762. The maximum atomic E-state index is 12.4. The number of ether oxygens (including phenoxy) is 2. The molecule has 2 aromatic rings. The number of rotatable bonds is 9. The van der Waals surface area contributed by atoms with E-state index in [-0.39, 0.29) is 30.8 Å². The number of thiocarbonyl (C=S) groups is 1. The van der Waals surface area contributed by atoms with Gasteiger partial charge in [-0.1, -0.05) is 36.5 Å². The molecule has 0 aliphatic heterocycles. The molecule has 0 saturated carbocycles. The summed E-state index contributed by atoms with van der Waals surface area (Å²) in [6, 6.07) is 12.9. The van der Waals surface area contributed by atoms with Crippen LogP contribution < -0.4 is 9.47 Å². The number of benzene rings is 2. The highest BCUT2D eigenvalue weighted by atomic mass is 32.1. The first-order valence-corrected chi connectivity index (χ1v) is 8.68. The standard InChI is InChI=1S/C19H17NO7S/c1-13(28)14-8-10-15(11-9-14)26-19(22)16-5-2-3-6-17(16)27-18(21)7-4-12-25-20(23)24/h2-3,5-6,8-11H,4,7,12H2,1H3. The van der Waals surface area contributed by atoms with Crippen LogP contribution >= 0.6 is 12.2 Å². The highest BCUT2D eigenvalue weighted by Gasteiger charge is 2.17. The molecule has 2 aromatic carbocycles. The molecule has 0 radical (unpaired) electrons. The molecule has 0 unspecified atom stereocenters. The van der Waals surface area contributed by atoms with Crippen LogP contribution in [0.25, 0.3) is 0 Å². The van der Waals surface area contributed by atoms with Crippen molar-refractivity contribution in [1.29, 1.82) is 0 Å². The zero-order chi connectivity index (χ0) is 20.5. The fourth-order valence-corrected chi connectivity index (χ4v) is 2.31. The van der Waals surface area contributed by atoms with Gasteiger partial charge in [-0.2, -0.15) is 0 Å². The predicted molar refractivity (Wildman–Crippen MR) is 103 cm³/mol. The van der Waals surface area contributed by atoms with Crippen molar-refractivity contribution in [3.05, 3.63) is 69.8 Å². The van der Waals surface area contributed by atoms with E-state index in [2.05, 4.69) is 4.84 Å². The molecule has 2 rings (SSSR count). The average Bonchev–Trinajstić information content (AvgIpc) is 2.66. The molecule has 0 aliphatic rings. The van der Waals surface area contributed by atoms with Gasteiger partial charge in [0.15, 0.2) is 0 Å². The fourth-order valence-electron chi connectivity index (χ4n) is 2.17. The summed E-state index contributed by atoms with van der Waals surface area (Å²) in [5, 5.41) is 9.13. The highest BCUT2D eigenvalue weighted by molar-refractivity contribution is 7.80. The minimum Gasteiger partial charge on any atom is -0.426 e. The molecule has 0 spiro atoms. The lowest BCUT2D eigenvalue weighted by Gasteiger charge is -2.10. The molecule has 9 heteroatoms. The van der Waals surface area contributed by atoms with E-state index in [1.54, 1.807) is 43.3 Å². The summed E-state index contributed by atoms with van der Waals surface area (Å²) >= 11 is 5.08. The molecule has 0 bridgehead atoms. The van der Waals surface area contributed by atoms with E-state index in [0.717, 1.165) is 10.4 Å². The van der Waals surface area contributed by atoms with Crippen molar-refractivity contribution in [2.45, 2.75) is 19.8 Å². The molecule has 0 atom stereocenters. The van der Waals surface area contributed by atoms with Crippen LogP contribution in [0.1, 0.15) is 35.7 Å². The van der Waals surface area contributed by atoms with Crippen LogP contribution in [0.3, 0.4) is 0 Å². The molecule has 28 heavy (non-hydrogen) atoms. The van der Waals surface area contributed by atoms with Crippen LogP contribution in [0, 0.1) is 10.1 Å². The Hall–Kier alpha value is -3.33. The predicted octanol–water partition coefficient (Wildman–Crippen LogP) is 3.54. The molecule has 0 heterocycles. The third kappa shape index (κ3) is 6.44. The van der Waals surface area contributed by atoms with Gasteiger partial charge in [-0.05, 0) is 43.2 Å². The quantitative estimate of drug-likeness (QED) is 0.119. The molecule has 8 nitrogen and oxygen atoms in total. The Labute approximate surface area is 166 Å². The number of carbonyl (C=O) groups excluding carboxylic acids is 2. The van der Waals surface area contributed by atoms with Crippen LogP contribution in [0.15, 0.2) is 48.5 Å². The first-order valence-electron chi connectivity index (χ1n) is 8.27.